The number of rotatable bonds is 5. The molecule has 0 aliphatic carbocycles. The van der Waals surface area contributed by atoms with Crippen molar-refractivity contribution in [3.63, 3.8) is 0 Å². The van der Waals surface area contributed by atoms with Gasteiger partial charge in [0.05, 0.1) is 24.4 Å². The van der Waals surface area contributed by atoms with Crippen LogP contribution >= 0.6 is 0 Å². The Morgan fingerprint density at radius 3 is 2.72 bits per heavy atom. The monoisotopic (exact) mass is 394 g/mol. The van der Waals surface area contributed by atoms with Crippen molar-refractivity contribution in [2.45, 2.75) is 32.2 Å². The van der Waals surface area contributed by atoms with Crippen molar-refractivity contribution >= 4 is 17.5 Å². The lowest BCUT2D eigenvalue weighted by Crippen LogP contribution is -2.45. The molecule has 0 spiro atoms. The second-order valence-electron chi connectivity index (χ2n) is 7.86. The zero-order valence-electron chi connectivity index (χ0n) is 16.6. The quantitative estimate of drug-likeness (QED) is 0.843. The minimum Gasteiger partial charge on any atom is -0.467 e. The molecule has 2 amide bonds. The van der Waals surface area contributed by atoms with Crippen LogP contribution < -0.4 is 5.73 Å². The number of aryl methyl sites for hydroxylation is 1. The topological polar surface area (TPSA) is 92.1 Å². The van der Waals surface area contributed by atoms with Gasteiger partial charge in [0.25, 0.3) is 5.91 Å². The van der Waals surface area contributed by atoms with Gasteiger partial charge in [0.1, 0.15) is 11.8 Å². The number of hydrogen-bond donors (Lipinski definition) is 1. The molecule has 0 bridgehead atoms. The first-order chi connectivity index (χ1) is 14.0. The highest BCUT2D eigenvalue weighted by Crippen LogP contribution is 2.33. The molecule has 1 aromatic carbocycles. The van der Waals surface area contributed by atoms with Gasteiger partial charge in [-0.3, -0.25) is 14.5 Å². The lowest BCUT2D eigenvalue weighted by atomic mass is 9.97. The van der Waals surface area contributed by atoms with Crippen molar-refractivity contribution in [2.24, 2.45) is 16.8 Å². The van der Waals surface area contributed by atoms with Crippen LogP contribution in [-0.2, 0) is 9.59 Å². The molecule has 2 aliphatic heterocycles. The van der Waals surface area contributed by atoms with Gasteiger partial charge in [0, 0.05) is 13.0 Å². The van der Waals surface area contributed by atoms with E-state index >= 15 is 0 Å². The molecule has 29 heavy (non-hydrogen) atoms. The molecule has 7 heteroatoms. The number of hydrazone groups is 1. The summed E-state index contributed by atoms with van der Waals surface area (Å²) in [7, 11) is 0. The van der Waals surface area contributed by atoms with Gasteiger partial charge in [-0.15, -0.1) is 0 Å². The van der Waals surface area contributed by atoms with Gasteiger partial charge < -0.3 is 10.2 Å². The maximum Gasteiger partial charge on any atom is 0.257 e. The van der Waals surface area contributed by atoms with E-state index in [9.17, 15) is 9.59 Å². The molecule has 2 N–H and O–H groups in total. The number of likely N-dealkylation sites (tertiary alicyclic amines) is 1. The van der Waals surface area contributed by atoms with E-state index in [0.717, 1.165) is 36.4 Å². The third-order valence-corrected chi connectivity index (χ3v) is 5.69. The third kappa shape index (κ3) is 4.24. The number of furan rings is 1. The van der Waals surface area contributed by atoms with E-state index in [4.69, 9.17) is 10.2 Å². The van der Waals surface area contributed by atoms with Crippen LogP contribution in [0, 0.1) is 12.8 Å². The molecule has 1 aromatic heterocycles. The summed E-state index contributed by atoms with van der Waals surface area (Å²) in [6.45, 7) is 3.56. The van der Waals surface area contributed by atoms with Crippen LogP contribution in [0.3, 0.4) is 0 Å². The van der Waals surface area contributed by atoms with Crippen LogP contribution in [0.5, 0.6) is 0 Å². The zero-order valence-corrected chi connectivity index (χ0v) is 16.6. The first kappa shape index (κ1) is 19.4. The van der Waals surface area contributed by atoms with Crippen molar-refractivity contribution in [1.29, 1.82) is 0 Å². The molecule has 2 aromatic rings. The second-order valence-corrected chi connectivity index (χ2v) is 7.86. The summed E-state index contributed by atoms with van der Waals surface area (Å²) in [5.41, 5.74) is 8.52. The Morgan fingerprint density at radius 2 is 2.03 bits per heavy atom. The highest BCUT2D eigenvalue weighted by Gasteiger charge is 2.36. The van der Waals surface area contributed by atoms with E-state index in [1.165, 1.54) is 5.56 Å². The van der Waals surface area contributed by atoms with Crippen LogP contribution in [0.25, 0.3) is 0 Å². The van der Waals surface area contributed by atoms with Crippen molar-refractivity contribution in [2.75, 3.05) is 19.6 Å². The van der Waals surface area contributed by atoms with E-state index in [1.807, 2.05) is 48.2 Å². The minimum atomic E-state index is -0.295. The number of hydrogen-bond acceptors (Lipinski definition) is 5. The van der Waals surface area contributed by atoms with E-state index in [-0.39, 0.29) is 30.3 Å². The van der Waals surface area contributed by atoms with Gasteiger partial charge >= 0.3 is 0 Å². The third-order valence-electron chi connectivity index (χ3n) is 5.69. The Labute approximate surface area is 170 Å². The number of benzene rings is 1. The van der Waals surface area contributed by atoms with Gasteiger partial charge in [-0.1, -0.05) is 29.8 Å². The van der Waals surface area contributed by atoms with E-state index in [2.05, 4.69) is 5.10 Å². The predicted molar refractivity (Wildman–Crippen MR) is 109 cm³/mol. The molecule has 4 rings (SSSR count). The van der Waals surface area contributed by atoms with E-state index < -0.39 is 0 Å². The van der Waals surface area contributed by atoms with Crippen molar-refractivity contribution in [3.05, 3.63) is 59.5 Å². The van der Waals surface area contributed by atoms with Crippen LogP contribution in [0.1, 0.15) is 42.2 Å². The maximum atomic E-state index is 13.1. The summed E-state index contributed by atoms with van der Waals surface area (Å²) < 4.78 is 5.60. The number of carbonyl (C=O) groups is 2. The van der Waals surface area contributed by atoms with E-state index in [0.29, 0.717) is 13.0 Å². The van der Waals surface area contributed by atoms with Gasteiger partial charge in [0.15, 0.2) is 0 Å². The first-order valence-corrected chi connectivity index (χ1v) is 10.0. The first-order valence-electron chi connectivity index (χ1n) is 10.0. The lowest BCUT2D eigenvalue weighted by molar-refractivity contribution is -0.136. The SMILES string of the molecule is Cc1ccc(C2=NN(C(=O)CN3CCCC(C(N)=O)C3)C(c3ccco3)C2)cc1. The fourth-order valence-electron chi connectivity index (χ4n) is 4.06. The minimum absolute atomic E-state index is 0.0985. The summed E-state index contributed by atoms with van der Waals surface area (Å²) >= 11 is 0. The number of primary amides is 1. The molecular formula is C22H26N4O3. The summed E-state index contributed by atoms with van der Waals surface area (Å²) in [5, 5.41) is 6.21. The molecular weight excluding hydrogens is 368 g/mol. The summed E-state index contributed by atoms with van der Waals surface area (Å²) in [4.78, 5) is 26.7. The Kier molecular flexibility index (Phi) is 5.49. The number of amides is 2. The summed E-state index contributed by atoms with van der Waals surface area (Å²) in [6.07, 6.45) is 3.87. The van der Waals surface area contributed by atoms with Crippen LogP contribution in [-0.4, -0.2) is 47.1 Å². The van der Waals surface area contributed by atoms with Gasteiger partial charge in [-0.25, -0.2) is 5.01 Å². The molecule has 2 aliphatic rings. The fourth-order valence-corrected chi connectivity index (χ4v) is 4.06. The highest BCUT2D eigenvalue weighted by atomic mass is 16.3. The molecule has 3 heterocycles. The summed E-state index contributed by atoms with van der Waals surface area (Å²) in [5.74, 6) is 0.135. The Hall–Kier alpha value is -2.93. The van der Waals surface area contributed by atoms with Gasteiger partial charge in [0.2, 0.25) is 5.91 Å². The molecule has 152 valence electrons. The Bertz CT molecular complexity index is 905. The number of nitrogens with zero attached hydrogens (tertiary/aromatic N) is 3. The lowest BCUT2D eigenvalue weighted by Gasteiger charge is -2.31. The molecule has 0 radical (unpaired) electrons. The normalized spacial score (nSPS) is 22.5. The number of nitrogens with two attached hydrogens (primary N) is 1. The maximum absolute atomic E-state index is 13.1. The number of carbonyl (C=O) groups excluding carboxylic acids is 2. The second kappa shape index (κ2) is 8.21. The van der Waals surface area contributed by atoms with Gasteiger partial charge in [-0.2, -0.15) is 5.10 Å². The highest BCUT2D eigenvalue weighted by molar-refractivity contribution is 6.03. The standard InChI is InChI=1S/C22H26N4O3/c1-15-6-8-16(9-7-15)18-12-19(20-5-3-11-29-20)26(24-18)21(27)14-25-10-2-4-17(13-25)22(23)28/h3,5-9,11,17,19H,2,4,10,12-14H2,1H3,(H2,23,28). The van der Waals surface area contributed by atoms with Crippen LogP contribution in [0.2, 0.25) is 0 Å². The van der Waals surface area contributed by atoms with Crippen LogP contribution in [0.4, 0.5) is 0 Å². The van der Waals surface area contributed by atoms with E-state index in [1.54, 1.807) is 11.3 Å². The smallest absolute Gasteiger partial charge is 0.257 e. The fraction of sp³-hybridized carbons (Fsp3) is 0.409. The Morgan fingerprint density at radius 1 is 1.24 bits per heavy atom. The zero-order chi connectivity index (χ0) is 20.4. The molecule has 2 atom stereocenters. The van der Waals surface area contributed by atoms with Crippen molar-refractivity contribution < 1.29 is 14.0 Å². The molecule has 0 saturated carbocycles. The molecule has 2 unspecified atom stereocenters. The van der Waals surface area contributed by atoms with Crippen LogP contribution in [0.15, 0.2) is 52.2 Å². The molecule has 1 saturated heterocycles. The number of piperidine rings is 1. The summed E-state index contributed by atoms with van der Waals surface area (Å²) in [6, 6.07) is 11.6. The Balaban J connectivity index is 1.53. The predicted octanol–water partition coefficient (Wildman–Crippen LogP) is 2.46. The largest absolute Gasteiger partial charge is 0.467 e. The molecule has 7 nitrogen and oxygen atoms in total. The molecule has 1 fully saturated rings. The van der Waals surface area contributed by atoms with Crippen molar-refractivity contribution in [1.82, 2.24) is 9.91 Å². The average molecular weight is 394 g/mol. The average Bonchev–Trinajstić information content (AvgIpc) is 3.38. The van der Waals surface area contributed by atoms with Gasteiger partial charge in [-0.05, 0) is 44.0 Å². The van der Waals surface area contributed by atoms with Crippen molar-refractivity contribution in [3.8, 4) is 0 Å².